The molecule has 1 aliphatic heterocycles. The summed E-state index contributed by atoms with van der Waals surface area (Å²) in [6.07, 6.45) is 2.33. The fourth-order valence-corrected chi connectivity index (χ4v) is 1.62. The van der Waals surface area contributed by atoms with Crippen molar-refractivity contribution in [1.82, 2.24) is 15.5 Å². The molecule has 2 amide bonds. The van der Waals surface area contributed by atoms with Crippen LogP contribution >= 0.6 is 0 Å². The Kier molecular flexibility index (Phi) is 3.29. The molecule has 7 nitrogen and oxygen atoms in total. The Morgan fingerprint density at radius 2 is 2.35 bits per heavy atom. The molecule has 1 unspecified atom stereocenters. The minimum Gasteiger partial charge on any atom is -0.372 e. The van der Waals surface area contributed by atoms with Crippen LogP contribution < -0.4 is 16.4 Å². The van der Waals surface area contributed by atoms with Gasteiger partial charge in [-0.15, -0.1) is 0 Å². The average Bonchev–Trinajstić information content (AvgIpc) is 2.33. The van der Waals surface area contributed by atoms with Crippen molar-refractivity contribution in [2.75, 3.05) is 5.32 Å². The van der Waals surface area contributed by atoms with Crippen LogP contribution in [0.5, 0.6) is 0 Å². The Morgan fingerprint density at radius 1 is 1.53 bits per heavy atom. The summed E-state index contributed by atoms with van der Waals surface area (Å²) in [5.41, 5.74) is 6.76. The second-order valence-electron chi connectivity index (χ2n) is 3.79. The van der Waals surface area contributed by atoms with E-state index >= 15 is 0 Å². The topological polar surface area (TPSA) is 110 Å². The second-order valence-corrected chi connectivity index (χ2v) is 3.79. The fraction of sp³-hybridized carbons (Fsp3) is 0.400. The highest BCUT2D eigenvalue weighted by Crippen LogP contribution is 2.13. The van der Waals surface area contributed by atoms with Gasteiger partial charge in [-0.05, 0) is 12.5 Å². The summed E-state index contributed by atoms with van der Waals surface area (Å²) >= 11 is 0. The van der Waals surface area contributed by atoms with Crippen molar-refractivity contribution >= 4 is 17.5 Å². The number of amides is 2. The molecule has 1 atom stereocenters. The second kappa shape index (κ2) is 4.88. The highest BCUT2D eigenvalue weighted by molar-refractivity contribution is 6.01. The number of carbonyl (C=O) groups excluding carboxylic acids is 2. The first-order chi connectivity index (χ1) is 8.19. The summed E-state index contributed by atoms with van der Waals surface area (Å²) in [5, 5.41) is 12.9. The Hall–Kier alpha value is -2.02. The van der Waals surface area contributed by atoms with Gasteiger partial charge in [-0.25, -0.2) is 0 Å². The smallest absolute Gasteiger partial charge is 0.249 e. The van der Waals surface area contributed by atoms with Gasteiger partial charge < -0.3 is 11.1 Å². The van der Waals surface area contributed by atoms with E-state index in [1.807, 2.05) is 0 Å². The molecule has 0 aliphatic carbocycles. The number of carbonyl (C=O) groups is 2. The summed E-state index contributed by atoms with van der Waals surface area (Å²) in [5.74, 6) is -0.545. The maximum atomic E-state index is 11.5. The quantitative estimate of drug-likeness (QED) is 0.589. The molecule has 0 aromatic carbocycles. The number of imide groups is 1. The third-order valence-electron chi connectivity index (χ3n) is 2.49. The molecule has 0 saturated carbocycles. The molecule has 2 heterocycles. The number of rotatable bonds is 3. The van der Waals surface area contributed by atoms with Gasteiger partial charge in [0.15, 0.2) is 0 Å². The zero-order chi connectivity index (χ0) is 12.3. The van der Waals surface area contributed by atoms with Gasteiger partial charge in [0.05, 0.1) is 17.6 Å². The molecule has 0 radical (unpaired) electrons. The van der Waals surface area contributed by atoms with Crippen molar-refractivity contribution in [3.8, 4) is 0 Å². The van der Waals surface area contributed by atoms with E-state index in [0.29, 0.717) is 24.2 Å². The zero-order valence-electron chi connectivity index (χ0n) is 9.14. The molecule has 1 aromatic heterocycles. The minimum absolute atomic E-state index is 0.233. The van der Waals surface area contributed by atoms with Crippen LogP contribution in [0.15, 0.2) is 12.3 Å². The Labute approximate surface area is 97.8 Å². The maximum Gasteiger partial charge on any atom is 0.249 e. The van der Waals surface area contributed by atoms with E-state index in [0.717, 1.165) is 0 Å². The van der Waals surface area contributed by atoms with Crippen molar-refractivity contribution in [1.29, 1.82) is 0 Å². The van der Waals surface area contributed by atoms with E-state index in [1.165, 1.54) is 6.20 Å². The third kappa shape index (κ3) is 2.76. The molecular weight excluding hydrogens is 222 g/mol. The van der Waals surface area contributed by atoms with Crippen LogP contribution in [0, 0.1) is 0 Å². The van der Waals surface area contributed by atoms with Gasteiger partial charge in [-0.1, -0.05) is 0 Å². The predicted molar refractivity (Wildman–Crippen MR) is 59.7 cm³/mol. The number of hydrogen-bond acceptors (Lipinski definition) is 6. The lowest BCUT2D eigenvalue weighted by molar-refractivity contribution is -0.133. The first-order valence-corrected chi connectivity index (χ1v) is 5.31. The number of nitrogens with two attached hydrogens (primary N) is 1. The molecule has 0 spiro atoms. The number of piperidine rings is 1. The number of nitrogens with one attached hydrogen (secondary N) is 2. The van der Waals surface area contributed by atoms with Crippen LogP contribution in [0.2, 0.25) is 0 Å². The Bertz CT molecular complexity index is 448. The summed E-state index contributed by atoms with van der Waals surface area (Å²) in [6.45, 7) is 0.290. The minimum atomic E-state index is -0.414. The average molecular weight is 235 g/mol. The molecule has 17 heavy (non-hydrogen) atoms. The normalized spacial score (nSPS) is 19.9. The lowest BCUT2D eigenvalue weighted by Gasteiger charge is -2.22. The number of hydrogen-bond donors (Lipinski definition) is 3. The van der Waals surface area contributed by atoms with Crippen molar-refractivity contribution in [3.63, 3.8) is 0 Å². The first-order valence-electron chi connectivity index (χ1n) is 5.31. The SMILES string of the molecule is NCc1cc(NC2CCC(=O)NC2=O)cnn1. The van der Waals surface area contributed by atoms with Crippen LogP contribution in [0.3, 0.4) is 0 Å². The Morgan fingerprint density at radius 3 is 3.06 bits per heavy atom. The fourth-order valence-electron chi connectivity index (χ4n) is 1.62. The van der Waals surface area contributed by atoms with Crippen LogP contribution in [-0.2, 0) is 16.1 Å². The highest BCUT2D eigenvalue weighted by atomic mass is 16.2. The monoisotopic (exact) mass is 235 g/mol. The van der Waals surface area contributed by atoms with E-state index in [4.69, 9.17) is 5.73 Å². The number of nitrogens with zero attached hydrogens (tertiary/aromatic N) is 2. The highest BCUT2D eigenvalue weighted by Gasteiger charge is 2.26. The van der Waals surface area contributed by atoms with Crippen molar-refractivity contribution in [2.45, 2.75) is 25.4 Å². The van der Waals surface area contributed by atoms with Gasteiger partial charge in [-0.3, -0.25) is 14.9 Å². The summed E-state index contributed by atoms with van der Waals surface area (Å²) in [4.78, 5) is 22.5. The first kappa shape index (κ1) is 11.5. The molecule has 2 rings (SSSR count). The van der Waals surface area contributed by atoms with Crippen molar-refractivity contribution in [2.24, 2.45) is 5.73 Å². The molecule has 7 heteroatoms. The molecule has 1 saturated heterocycles. The molecule has 1 aromatic rings. The van der Waals surface area contributed by atoms with Crippen molar-refractivity contribution < 1.29 is 9.59 Å². The maximum absolute atomic E-state index is 11.5. The summed E-state index contributed by atoms with van der Waals surface area (Å²) in [6, 6.07) is 1.32. The van der Waals surface area contributed by atoms with E-state index in [1.54, 1.807) is 6.07 Å². The van der Waals surface area contributed by atoms with Gasteiger partial charge in [-0.2, -0.15) is 10.2 Å². The van der Waals surface area contributed by atoms with Gasteiger partial charge >= 0.3 is 0 Å². The summed E-state index contributed by atoms with van der Waals surface area (Å²) < 4.78 is 0. The van der Waals surface area contributed by atoms with E-state index < -0.39 is 6.04 Å². The summed E-state index contributed by atoms with van der Waals surface area (Å²) in [7, 11) is 0. The molecule has 90 valence electrons. The van der Waals surface area contributed by atoms with Gasteiger partial charge in [0.25, 0.3) is 0 Å². The van der Waals surface area contributed by atoms with E-state index in [9.17, 15) is 9.59 Å². The van der Waals surface area contributed by atoms with Crippen LogP contribution in [-0.4, -0.2) is 28.1 Å². The largest absolute Gasteiger partial charge is 0.372 e. The van der Waals surface area contributed by atoms with Gasteiger partial charge in [0.2, 0.25) is 11.8 Å². The van der Waals surface area contributed by atoms with Gasteiger partial charge in [0, 0.05) is 13.0 Å². The zero-order valence-corrected chi connectivity index (χ0v) is 9.14. The molecular formula is C10H13N5O2. The van der Waals surface area contributed by atoms with Crippen molar-refractivity contribution in [3.05, 3.63) is 18.0 Å². The number of anilines is 1. The lowest BCUT2D eigenvalue weighted by atomic mass is 10.1. The van der Waals surface area contributed by atoms with Gasteiger partial charge in [0.1, 0.15) is 6.04 Å². The van der Waals surface area contributed by atoms with E-state index in [2.05, 4.69) is 20.8 Å². The van der Waals surface area contributed by atoms with Crippen LogP contribution in [0.1, 0.15) is 18.5 Å². The number of aromatic nitrogens is 2. The molecule has 1 fully saturated rings. The standard InChI is InChI=1S/C10H13N5O2/c11-4-6-3-7(5-12-15-6)13-8-1-2-9(16)14-10(8)17/h3,5,8H,1-2,4,11H2,(H,13,15)(H,14,16,17). The molecule has 4 N–H and O–H groups in total. The van der Waals surface area contributed by atoms with E-state index in [-0.39, 0.29) is 18.4 Å². The molecule has 0 bridgehead atoms. The lowest BCUT2D eigenvalue weighted by Crippen LogP contribution is -2.47. The predicted octanol–water partition coefficient (Wildman–Crippen LogP) is -0.848. The third-order valence-corrected chi connectivity index (χ3v) is 2.49. The van der Waals surface area contributed by atoms with Crippen LogP contribution in [0.4, 0.5) is 5.69 Å². The molecule has 1 aliphatic rings. The van der Waals surface area contributed by atoms with Crippen LogP contribution in [0.25, 0.3) is 0 Å². The Balaban J connectivity index is 2.05.